The van der Waals surface area contributed by atoms with Gasteiger partial charge in [0, 0.05) is 18.0 Å². The number of hydrogen-bond donors (Lipinski definition) is 3. The summed E-state index contributed by atoms with van der Waals surface area (Å²) in [5.74, 6) is -1.61. The summed E-state index contributed by atoms with van der Waals surface area (Å²) in [6, 6.07) is 0.441. The van der Waals surface area contributed by atoms with Crippen molar-refractivity contribution in [2.45, 2.75) is 25.8 Å². The monoisotopic (exact) mass is 305 g/mol. The van der Waals surface area contributed by atoms with Crippen molar-refractivity contribution >= 4 is 21.9 Å². The molecule has 1 aromatic rings. The second-order valence-electron chi connectivity index (χ2n) is 3.77. The van der Waals surface area contributed by atoms with E-state index in [1.54, 1.807) is 0 Å². The van der Waals surface area contributed by atoms with E-state index in [0.29, 0.717) is 0 Å². The number of hydrogen-bond acceptors (Lipinski definition) is 3. The van der Waals surface area contributed by atoms with Crippen molar-refractivity contribution in [2.75, 3.05) is 0 Å². The Morgan fingerprint density at radius 2 is 2.24 bits per heavy atom. The van der Waals surface area contributed by atoms with Crippen LogP contribution in [0.3, 0.4) is 0 Å². The SMILES string of the molecule is Cc1c(F)cc(Br)c(O)c1C(N)CCC(=O)O. The van der Waals surface area contributed by atoms with Crippen LogP contribution in [0.1, 0.15) is 30.0 Å². The third-order valence-corrected chi connectivity index (χ3v) is 3.14. The molecular weight excluding hydrogens is 293 g/mol. The van der Waals surface area contributed by atoms with E-state index in [9.17, 15) is 14.3 Å². The van der Waals surface area contributed by atoms with Gasteiger partial charge in [-0.2, -0.15) is 0 Å². The number of benzene rings is 1. The molecule has 6 heteroatoms. The number of carbonyl (C=O) groups is 1. The van der Waals surface area contributed by atoms with E-state index < -0.39 is 17.8 Å². The van der Waals surface area contributed by atoms with E-state index >= 15 is 0 Å². The predicted molar refractivity (Wildman–Crippen MR) is 64.3 cm³/mol. The van der Waals surface area contributed by atoms with Gasteiger partial charge in [-0.15, -0.1) is 0 Å². The number of phenolic OH excluding ortho intramolecular Hbond substituents is 1. The molecule has 1 rings (SSSR count). The molecule has 0 bridgehead atoms. The average molecular weight is 306 g/mol. The average Bonchev–Trinajstić information content (AvgIpc) is 2.24. The lowest BCUT2D eigenvalue weighted by molar-refractivity contribution is -0.137. The summed E-state index contributed by atoms with van der Waals surface area (Å²) in [5, 5.41) is 18.4. The molecule has 0 aliphatic rings. The third-order valence-electron chi connectivity index (χ3n) is 2.54. The van der Waals surface area contributed by atoms with Crippen LogP contribution in [0.25, 0.3) is 0 Å². The van der Waals surface area contributed by atoms with Crippen LogP contribution in [0, 0.1) is 12.7 Å². The Hall–Kier alpha value is -1.14. The molecule has 0 aromatic heterocycles. The molecule has 0 amide bonds. The van der Waals surface area contributed by atoms with Gasteiger partial charge in [0.05, 0.1) is 4.47 Å². The van der Waals surface area contributed by atoms with Crippen molar-refractivity contribution in [1.82, 2.24) is 0 Å². The van der Waals surface area contributed by atoms with Gasteiger partial charge in [-0.1, -0.05) is 0 Å². The Balaban J connectivity index is 3.07. The number of phenols is 1. The topological polar surface area (TPSA) is 83.5 Å². The Labute approximate surface area is 106 Å². The number of rotatable bonds is 4. The van der Waals surface area contributed by atoms with Gasteiger partial charge in [-0.3, -0.25) is 4.79 Å². The molecule has 17 heavy (non-hydrogen) atoms. The van der Waals surface area contributed by atoms with Crippen LogP contribution in [0.15, 0.2) is 10.5 Å². The van der Waals surface area contributed by atoms with E-state index in [0.717, 1.165) is 6.07 Å². The van der Waals surface area contributed by atoms with Gasteiger partial charge in [0.2, 0.25) is 0 Å². The minimum Gasteiger partial charge on any atom is -0.506 e. The summed E-state index contributed by atoms with van der Waals surface area (Å²) in [7, 11) is 0. The van der Waals surface area contributed by atoms with Crippen LogP contribution in [-0.2, 0) is 4.79 Å². The highest BCUT2D eigenvalue weighted by Crippen LogP contribution is 2.36. The number of nitrogens with two attached hydrogens (primary N) is 1. The number of carboxylic acids is 1. The molecule has 0 saturated heterocycles. The maximum atomic E-state index is 13.5. The summed E-state index contributed by atoms with van der Waals surface area (Å²) in [5.41, 5.74) is 6.26. The van der Waals surface area contributed by atoms with Gasteiger partial charge in [0.1, 0.15) is 11.6 Å². The van der Waals surface area contributed by atoms with Crippen molar-refractivity contribution < 1.29 is 19.4 Å². The summed E-state index contributed by atoms with van der Waals surface area (Å²) in [6.45, 7) is 1.50. The lowest BCUT2D eigenvalue weighted by Crippen LogP contribution is -2.14. The molecule has 0 aliphatic heterocycles. The van der Waals surface area contributed by atoms with Gasteiger partial charge >= 0.3 is 5.97 Å². The van der Waals surface area contributed by atoms with Crippen molar-refractivity contribution in [2.24, 2.45) is 5.73 Å². The molecule has 0 fully saturated rings. The quantitative estimate of drug-likeness (QED) is 0.798. The van der Waals surface area contributed by atoms with Crippen LogP contribution in [-0.4, -0.2) is 16.2 Å². The lowest BCUT2D eigenvalue weighted by Gasteiger charge is -2.17. The number of aromatic hydroxyl groups is 1. The van der Waals surface area contributed by atoms with Crippen LogP contribution >= 0.6 is 15.9 Å². The first-order valence-electron chi connectivity index (χ1n) is 4.99. The molecule has 1 unspecified atom stereocenters. The fraction of sp³-hybridized carbons (Fsp3) is 0.364. The van der Waals surface area contributed by atoms with Crippen LogP contribution in [0.4, 0.5) is 4.39 Å². The fourth-order valence-electron chi connectivity index (χ4n) is 1.60. The number of carboxylic acid groups (broad SMARTS) is 1. The van der Waals surface area contributed by atoms with Gasteiger partial charge in [0.15, 0.2) is 0 Å². The second-order valence-corrected chi connectivity index (χ2v) is 4.62. The van der Waals surface area contributed by atoms with Crippen LogP contribution < -0.4 is 5.73 Å². The maximum Gasteiger partial charge on any atom is 0.303 e. The Kier molecular flexibility index (Phi) is 4.47. The Bertz CT molecular complexity index is 425. The molecule has 0 radical (unpaired) electrons. The van der Waals surface area contributed by atoms with Gasteiger partial charge in [-0.05, 0) is 40.9 Å². The molecule has 94 valence electrons. The minimum absolute atomic E-state index is 0.131. The van der Waals surface area contributed by atoms with Crippen LogP contribution in [0.5, 0.6) is 5.75 Å². The molecule has 0 aliphatic carbocycles. The van der Waals surface area contributed by atoms with Crippen molar-refractivity contribution in [1.29, 1.82) is 0 Å². The third kappa shape index (κ3) is 3.17. The van der Waals surface area contributed by atoms with E-state index in [4.69, 9.17) is 10.8 Å². The highest BCUT2D eigenvalue weighted by molar-refractivity contribution is 9.10. The highest BCUT2D eigenvalue weighted by Gasteiger charge is 2.20. The molecule has 0 saturated carbocycles. The Morgan fingerprint density at radius 1 is 1.65 bits per heavy atom. The molecule has 4 nitrogen and oxygen atoms in total. The van der Waals surface area contributed by atoms with Crippen molar-refractivity contribution in [3.63, 3.8) is 0 Å². The first kappa shape index (κ1) is 13.9. The summed E-state index contributed by atoms with van der Waals surface area (Å²) in [6.07, 6.45) is 0.00774. The minimum atomic E-state index is -0.979. The predicted octanol–water partition coefficient (Wildman–Crippen LogP) is 2.47. The van der Waals surface area contributed by atoms with Crippen LogP contribution in [0.2, 0.25) is 0 Å². The number of halogens is 2. The molecule has 1 aromatic carbocycles. The maximum absolute atomic E-state index is 13.5. The summed E-state index contributed by atoms with van der Waals surface area (Å²) < 4.78 is 13.7. The van der Waals surface area contributed by atoms with Gasteiger partial charge in [-0.25, -0.2) is 4.39 Å². The summed E-state index contributed by atoms with van der Waals surface area (Å²) in [4.78, 5) is 10.4. The van der Waals surface area contributed by atoms with Gasteiger partial charge in [0.25, 0.3) is 0 Å². The van der Waals surface area contributed by atoms with E-state index in [1.807, 2.05) is 0 Å². The molecule has 4 N–H and O–H groups in total. The zero-order valence-corrected chi connectivity index (χ0v) is 10.8. The second kappa shape index (κ2) is 5.46. The molecular formula is C11H13BrFNO3. The molecule has 1 atom stereocenters. The largest absolute Gasteiger partial charge is 0.506 e. The molecule has 0 spiro atoms. The number of aliphatic carboxylic acids is 1. The highest BCUT2D eigenvalue weighted by atomic mass is 79.9. The zero-order chi connectivity index (χ0) is 13.2. The smallest absolute Gasteiger partial charge is 0.303 e. The lowest BCUT2D eigenvalue weighted by atomic mass is 9.97. The first-order chi connectivity index (χ1) is 7.84. The van der Waals surface area contributed by atoms with Crippen molar-refractivity contribution in [3.8, 4) is 5.75 Å². The fourth-order valence-corrected chi connectivity index (χ4v) is 2.01. The van der Waals surface area contributed by atoms with E-state index in [1.165, 1.54) is 6.92 Å². The van der Waals surface area contributed by atoms with Crippen molar-refractivity contribution in [3.05, 3.63) is 27.5 Å². The first-order valence-corrected chi connectivity index (χ1v) is 5.78. The van der Waals surface area contributed by atoms with E-state index in [2.05, 4.69) is 15.9 Å². The normalized spacial score (nSPS) is 12.5. The summed E-state index contributed by atoms with van der Waals surface area (Å²) >= 11 is 3.02. The zero-order valence-electron chi connectivity index (χ0n) is 9.20. The molecule has 0 heterocycles. The van der Waals surface area contributed by atoms with E-state index in [-0.39, 0.29) is 34.2 Å². The van der Waals surface area contributed by atoms with Gasteiger partial charge < -0.3 is 15.9 Å². The standard InChI is InChI=1S/C11H13BrFNO3/c1-5-7(13)4-6(12)11(17)10(5)8(14)2-3-9(15)16/h4,8,17H,2-3,14H2,1H3,(H,15,16). The Morgan fingerprint density at radius 3 is 2.76 bits per heavy atom.